The topological polar surface area (TPSA) is 119 Å². The van der Waals surface area contributed by atoms with E-state index in [0.29, 0.717) is 29.7 Å². The van der Waals surface area contributed by atoms with Crippen molar-refractivity contribution < 1.29 is 33.8 Å². The van der Waals surface area contributed by atoms with Gasteiger partial charge < -0.3 is 19.9 Å². The molecule has 4 aliphatic carbocycles. The first-order chi connectivity index (χ1) is 20.1. The van der Waals surface area contributed by atoms with E-state index >= 15 is 0 Å². The monoisotopic (exact) mass is 579 g/mol. The molecule has 0 saturated heterocycles. The third kappa shape index (κ3) is 5.79. The zero-order valence-electron chi connectivity index (χ0n) is 25.1. The van der Waals surface area contributed by atoms with E-state index in [9.17, 15) is 24.3 Å². The van der Waals surface area contributed by atoms with Crippen LogP contribution in [0.1, 0.15) is 96.6 Å². The van der Waals surface area contributed by atoms with Gasteiger partial charge in [-0.1, -0.05) is 49.8 Å². The Labute approximate surface area is 248 Å². The lowest BCUT2D eigenvalue weighted by atomic mass is 9.47. The first-order valence-electron chi connectivity index (χ1n) is 15.7. The smallest absolute Gasteiger partial charge is 0.331 e. The number of allylic oxidation sites excluding steroid dienone is 1. The summed E-state index contributed by atoms with van der Waals surface area (Å²) in [5.41, 5.74) is 1.85. The zero-order valence-corrected chi connectivity index (χ0v) is 25.1. The Hall–Kier alpha value is -3.00. The van der Waals surface area contributed by atoms with Crippen LogP contribution in [0.15, 0.2) is 42.0 Å². The molecule has 0 bridgehead atoms. The van der Waals surface area contributed by atoms with Gasteiger partial charge in [0.15, 0.2) is 11.8 Å². The highest BCUT2D eigenvalue weighted by Gasteiger charge is 2.60. The summed E-state index contributed by atoms with van der Waals surface area (Å²) in [7, 11) is 0. The second kappa shape index (κ2) is 12.3. The van der Waals surface area contributed by atoms with Gasteiger partial charge in [0.1, 0.15) is 12.2 Å². The van der Waals surface area contributed by atoms with Crippen LogP contribution in [0.3, 0.4) is 0 Å². The van der Waals surface area contributed by atoms with E-state index in [0.717, 1.165) is 44.9 Å². The lowest BCUT2D eigenvalue weighted by Crippen LogP contribution is -2.51. The minimum atomic E-state index is -1.28. The number of ketones is 1. The summed E-state index contributed by atoms with van der Waals surface area (Å²) in [4.78, 5) is 50.4. The van der Waals surface area contributed by atoms with Gasteiger partial charge in [0.05, 0.1) is 13.0 Å². The van der Waals surface area contributed by atoms with E-state index in [4.69, 9.17) is 9.47 Å². The number of ether oxygens (including phenoxy) is 2. The molecule has 0 heterocycles. The number of fused-ring (bicyclic) bond motifs is 5. The Balaban J connectivity index is 1.17. The van der Waals surface area contributed by atoms with Gasteiger partial charge in [-0.05, 0) is 86.7 Å². The normalized spacial score (nSPS) is 33.2. The van der Waals surface area contributed by atoms with Crippen molar-refractivity contribution in [3.8, 4) is 0 Å². The minimum Gasteiger partial charge on any atom is -0.464 e. The number of carbonyl (C=O) groups is 4. The van der Waals surface area contributed by atoms with Crippen LogP contribution in [0.25, 0.3) is 0 Å². The van der Waals surface area contributed by atoms with Crippen LogP contribution in [-0.2, 0) is 28.7 Å². The highest BCUT2D eigenvalue weighted by molar-refractivity contribution is 5.91. The van der Waals surface area contributed by atoms with E-state index in [1.54, 1.807) is 37.3 Å². The molecule has 1 aromatic carbocycles. The van der Waals surface area contributed by atoms with Crippen LogP contribution < -0.4 is 5.32 Å². The van der Waals surface area contributed by atoms with Crippen molar-refractivity contribution >= 4 is 23.6 Å². The van der Waals surface area contributed by atoms with E-state index in [1.807, 2.05) is 6.08 Å². The van der Waals surface area contributed by atoms with E-state index < -0.39 is 30.0 Å². The number of esters is 2. The SMILES string of the molecule is CCOC(=O)[C@H](NC(=O)CCC(=O)O[C@@H]1CC[C@@H]2[C@@H]3CCC4=CC(=O)CC[C@]4(C)[C@H]3CC[C@@]21C)[C@@H](O)c1ccccc1. The summed E-state index contributed by atoms with van der Waals surface area (Å²) in [5, 5.41) is 13.3. The molecule has 0 spiro atoms. The molecule has 2 N–H and O–H groups in total. The van der Waals surface area contributed by atoms with E-state index in [1.165, 1.54) is 5.57 Å². The molecule has 3 saturated carbocycles. The fourth-order valence-corrected chi connectivity index (χ4v) is 8.73. The maximum absolute atomic E-state index is 13.0. The quantitative estimate of drug-likeness (QED) is 0.396. The summed E-state index contributed by atoms with van der Waals surface area (Å²) in [5.74, 6) is 0.225. The predicted octanol–water partition coefficient (Wildman–Crippen LogP) is 4.99. The Morgan fingerprint density at radius 3 is 2.50 bits per heavy atom. The van der Waals surface area contributed by atoms with Crippen LogP contribution in [-0.4, -0.2) is 47.5 Å². The molecule has 0 unspecified atom stereocenters. The Morgan fingerprint density at radius 1 is 1.00 bits per heavy atom. The molecule has 3 fully saturated rings. The highest BCUT2D eigenvalue weighted by atomic mass is 16.5. The maximum atomic E-state index is 13.0. The molecule has 5 rings (SSSR count). The van der Waals surface area contributed by atoms with Gasteiger partial charge in [-0.15, -0.1) is 0 Å². The van der Waals surface area contributed by atoms with Crippen LogP contribution in [0.5, 0.6) is 0 Å². The minimum absolute atomic E-state index is 0.0874. The molecule has 42 heavy (non-hydrogen) atoms. The third-order valence-electron chi connectivity index (χ3n) is 11.0. The molecule has 8 heteroatoms. The highest BCUT2D eigenvalue weighted by Crippen LogP contribution is 2.65. The summed E-state index contributed by atoms with van der Waals surface area (Å²) in [6.07, 6.45) is 7.81. The summed E-state index contributed by atoms with van der Waals surface area (Å²) < 4.78 is 11.1. The van der Waals surface area contributed by atoms with Crippen molar-refractivity contribution in [3.63, 3.8) is 0 Å². The molecular weight excluding hydrogens is 534 g/mol. The average Bonchev–Trinajstić information content (AvgIpc) is 3.31. The summed E-state index contributed by atoms with van der Waals surface area (Å²) in [6.45, 7) is 6.41. The van der Waals surface area contributed by atoms with Gasteiger partial charge in [0.2, 0.25) is 5.91 Å². The molecule has 1 amide bonds. The Kier molecular flexibility index (Phi) is 8.93. The van der Waals surface area contributed by atoms with Crippen LogP contribution in [0.4, 0.5) is 0 Å². The number of rotatable bonds is 9. The molecule has 0 aliphatic heterocycles. The lowest BCUT2D eigenvalue weighted by Gasteiger charge is -2.57. The van der Waals surface area contributed by atoms with Crippen molar-refractivity contribution in [3.05, 3.63) is 47.5 Å². The first kappa shape index (κ1) is 30.5. The second-order valence-electron chi connectivity index (χ2n) is 13.2. The van der Waals surface area contributed by atoms with E-state index in [2.05, 4.69) is 19.2 Å². The van der Waals surface area contributed by atoms with Gasteiger partial charge in [-0.2, -0.15) is 0 Å². The van der Waals surface area contributed by atoms with Crippen molar-refractivity contribution in [1.82, 2.24) is 5.32 Å². The van der Waals surface area contributed by atoms with Crippen LogP contribution in [0, 0.1) is 28.6 Å². The average molecular weight is 580 g/mol. The van der Waals surface area contributed by atoms with Gasteiger partial charge >= 0.3 is 11.9 Å². The largest absolute Gasteiger partial charge is 0.464 e. The third-order valence-corrected chi connectivity index (χ3v) is 11.0. The maximum Gasteiger partial charge on any atom is 0.331 e. The zero-order chi connectivity index (χ0) is 30.1. The van der Waals surface area contributed by atoms with Crippen LogP contribution in [0.2, 0.25) is 0 Å². The number of hydrogen-bond acceptors (Lipinski definition) is 7. The van der Waals surface area contributed by atoms with Crippen molar-refractivity contribution in [2.75, 3.05) is 6.61 Å². The molecule has 1 aromatic rings. The molecule has 4 aliphatic rings. The number of carbonyl (C=O) groups excluding carboxylic acids is 4. The molecule has 228 valence electrons. The number of hydrogen-bond donors (Lipinski definition) is 2. The Morgan fingerprint density at radius 2 is 1.76 bits per heavy atom. The van der Waals surface area contributed by atoms with Gasteiger partial charge in [0.25, 0.3) is 0 Å². The number of aliphatic hydroxyl groups is 1. The molecular formula is C34H45NO7. The van der Waals surface area contributed by atoms with Crippen molar-refractivity contribution in [2.45, 2.75) is 103 Å². The van der Waals surface area contributed by atoms with Gasteiger partial charge in [-0.3, -0.25) is 14.4 Å². The van der Waals surface area contributed by atoms with Gasteiger partial charge in [-0.25, -0.2) is 4.79 Å². The fourth-order valence-electron chi connectivity index (χ4n) is 8.73. The Bertz CT molecular complexity index is 1230. The van der Waals surface area contributed by atoms with Crippen molar-refractivity contribution in [2.24, 2.45) is 28.6 Å². The van der Waals surface area contributed by atoms with Crippen LogP contribution >= 0.6 is 0 Å². The number of amides is 1. The standard InChI is InChI=1S/C34H45NO7/c1-4-41-32(40)30(31(39)21-8-6-5-7-9-21)35-28(37)14-15-29(38)42-27-13-12-25-24-11-10-22-20-23(36)16-18-33(22,2)26(24)17-19-34(25,27)3/h5-9,20,24-27,30-31,39H,4,10-19H2,1-3H3,(H,35,37)/t24-,25+,26-,27+,30+,31-,33-,34-/m0/s1. The molecule has 0 aromatic heterocycles. The summed E-state index contributed by atoms with van der Waals surface area (Å²) in [6, 6.07) is 7.32. The lowest BCUT2D eigenvalue weighted by molar-refractivity contribution is -0.160. The second-order valence-corrected chi connectivity index (χ2v) is 13.2. The van der Waals surface area contributed by atoms with Crippen molar-refractivity contribution in [1.29, 1.82) is 0 Å². The fraction of sp³-hybridized carbons (Fsp3) is 0.647. The number of aliphatic hydroxyl groups excluding tert-OH is 1. The molecule has 8 atom stereocenters. The predicted molar refractivity (Wildman–Crippen MR) is 156 cm³/mol. The summed E-state index contributed by atoms with van der Waals surface area (Å²) >= 11 is 0. The molecule has 0 radical (unpaired) electrons. The van der Waals surface area contributed by atoms with Gasteiger partial charge in [0, 0.05) is 18.3 Å². The number of nitrogens with one attached hydrogen (secondary N) is 1. The first-order valence-corrected chi connectivity index (χ1v) is 15.7. The number of benzene rings is 1. The molecule has 8 nitrogen and oxygen atoms in total. The van der Waals surface area contributed by atoms with E-state index in [-0.39, 0.29) is 42.2 Å².